The Hall–Kier alpha value is -6.50. The lowest BCUT2D eigenvalue weighted by atomic mass is 9.60. The lowest BCUT2D eigenvalue weighted by Crippen LogP contribution is -2.70. The van der Waals surface area contributed by atoms with E-state index in [-0.39, 0.29) is 54.6 Å². The van der Waals surface area contributed by atoms with E-state index in [0.29, 0.717) is 42.3 Å². The minimum Gasteiger partial charge on any atom is -0.507 e. The average Bonchev–Trinajstić information content (AvgIpc) is 4.08. The summed E-state index contributed by atoms with van der Waals surface area (Å²) in [6.07, 6.45) is 8.32. The van der Waals surface area contributed by atoms with E-state index in [2.05, 4.69) is 47.5 Å². The molecular weight excluding hydrogens is 929 g/mol. The number of anilines is 1. The van der Waals surface area contributed by atoms with Crippen molar-refractivity contribution in [3.63, 3.8) is 0 Å². The number of fused-ring (bicyclic) bond motifs is 3. The van der Waals surface area contributed by atoms with Gasteiger partial charge in [-0.15, -0.1) is 21.5 Å². The molecule has 18 heteroatoms. The Balaban J connectivity index is 0.644. The molecule has 0 radical (unpaired) electrons. The first-order valence-electron chi connectivity index (χ1n) is 25.4. The van der Waals surface area contributed by atoms with Crippen molar-refractivity contribution in [1.82, 2.24) is 55.5 Å². The number of aromatic nitrogens is 6. The van der Waals surface area contributed by atoms with Crippen LogP contribution < -0.4 is 15.5 Å². The molecule has 1 aliphatic carbocycles. The number of phenolic OH excluding ortho intramolecular Hbond substituents is 1. The number of amides is 4. The van der Waals surface area contributed by atoms with E-state index in [1.807, 2.05) is 93.0 Å². The third kappa shape index (κ3) is 9.06. The molecule has 1 saturated carbocycles. The first kappa shape index (κ1) is 47.8. The van der Waals surface area contributed by atoms with Gasteiger partial charge in [-0.3, -0.25) is 9.59 Å². The van der Waals surface area contributed by atoms with Crippen molar-refractivity contribution in [2.24, 2.45) is 10.8 Å². The zero-order valence-electron chi connectivity index (χ0n) is 41.6. The molecule has 6 aromatic rings. The van der Waals surface area contributed by atoms with Crippen molar-refractivity contribution in [1.29, 1.82) is 0 Å². The molecule has 72 heavy (non-hydrogen) atoms. The van der Waals surface area contributed by atoms with Crippen molar-refractivity contribution in [2.75, 3.05) is 44.2 Å². The van der Waals surface area contributed by atoms with Crippen LogP contribution in [-0.4, -0.2) is 136 Å². The van der Waals surface area contributed by atoms with Crippen LogP contribution in [0.2, 0.25) is 0 Å². The maximum Gasteiger partial charge on any atom is 0.318 e. The summed E-state index contributed by atoms with van der Waals surface area (Å²) in [4.78, 5) is 68.6. The monoisotopic (exact) mass is 992 g/mol. The smallest absolute Gasteiger partial charge is 0.318 e. The molecule has 1 spiro atoms. The SMILES string of the molecule is Cc1ncsc1-c1ccc(CNC(=O)[C@@H]2C[C@@H](O)CN2C(=O)[C@@H](NC(=O)N2CC3(CC(N4CCC(c5cnc(N6CCc7[nH]c8nnc(-c9ccccc9O)cc8c7C6C)nc5)CC4)C3)C2)C(C)(C)C)cc1. The molecule has 376 valence electrons. The van der Waals surface area contributed by atoms with Gasteiger partial charge in [-0.2, -0.15) is 0 Å². The van der Waals surface area contributed by atoms with Gasteiger partial charge < -0.3 is 45.4 Å². The summed E-state index contributed by atoms with van der Waals surface area (Å²) in [7, 11) is 0. The highest BCUT2D eigenvalue weighted by atomic mass is 32.1. The number of thiazole rings is 1. The van der Waals surface area contributed by atoms with Gasteiger partial charge >= 0.3 is 6.03 Å². The number of carbonyl (C=O) groups is 3. The number of aliphatic hydroxyl groups is 1. The van der Waals surface area contributed by atoms with E-state index in [1.165, 1.54) is 10.5 Å². The summed E-state index contributed by atoms with van der Waals surface area (Å²) < 4.78 is 0. The first-order valence-corrected chi connectivity index (χ1v) is 26.3. The van der Waals surface area contributed by atoms with Crippen molar-refractivity contribution >= 4 is 46.2 Å². The predicted octanol–water partition coefficient (Wildman–Crippen LogP) is 6.72. The number of nitrogens with zero attached hydrogens (tertiary/aromatic N) is 9. The number of aliphatic hydroxyl groups excluding tert-OH is 1. The van der Waals surface area contributed by atoms with Crippen LogP contribution in [0.1, 0.15) is 99.8 Å². The van der Waals surface area contributed by atoms with Gasteiger partial charge in [0.15, 0.2) is 5.65 Å². The maximum atomic E-state index is 14.3. The second kappa shape index (κ2) is 18.8. The van der Waals surface area contributed by atoms with E-state index in [9.17, 15) is 24.6 Å². The lowest BCUT2D eigenvalue weighted by molar-refractivity contribution is -0.142. The van der Waals surface area contributed by atoms with E-state index in [4.69, 9.17) is 9.97 Å². The number of aromatic hydroxyl groups is 1. The first-order chi connectivity index (χ1) is 34.6. The van der Waals surface area contributed by atoms with Crippen LogP contribution in [0.25, 0.3) is 32.7 Å². The third-order valence-corrected chi connectivity index (χ3v) is 17.1. The van der Waals surface area contributed by atoms with Crippen LogP contribution in [0.4, 0.5) is 10.7 Å². The normalized spacial score (nSPS) is 21.9. The average molecular weight is 993 g/mol. The summed E-state index contributed by atoms with van der Waals surface area (Å²) in [6, 6.07) is 15.7. The minimum absolute atomic E-state index is 0.0107. The van der Waals surface area contributed by atoms with Crippen molar-refractivity contribution in [3.8, 4) is 27.4 Å². The highest BCUT2D eigenvalue weighted by Gasteiger charge is 2.56. The predicted molar refractivity (Wildman–Crippen MR) is 275 cm³/mol. The number of benzene rings is 2. The fourth-order valence-corrected chi connectivity index (χ4v) is 12.9. The van der Waals surface area contributed by atoms with Crippen molar-refractivity contribution < 1.29 is 24.6 Å². The molecule has 4 fully saturated rings. The molecule has 0 bridgehead atoms. The highest BCUT2D eigenvalue weighted by molar-refractivity contribution is 7.13. The topological polar surface area (TPSA) is 209 Å². The van der Waals surface area contributed by atoms with E-state index >= 15 is 0 Å². The third-order valence-electron chi connectivity index (χ3n) is 16.1. The van der Waals surface area contributed by atoms with Crippen LogP contribution >= 0.6 is 11.3 Å². The Morgan fingerprint density at radius 1 is 0.972 bits per heavy atom. The lowest BCUT2D eigenvalue weighted by Gasteiger charge is -2.61. The number of phenols is 1. The van der Waals surface area contributed by atoms with Gasteiger partial charge in [-0.1, -0.05) is 57.2 Å². The molecule has 4 aromatic heterocycles. The van der Waals surface area contributed by atoms with Crippen molar-refractivity contribution in [3.05, 3.63) is 101 Å². The fourth-order valence-electron chi connectivity index (χ4n) is 12.1. The highest BCUT2D eigenvalue weighted by Crippen LogP contribution is 2.51. The number of para-hydroxylation sites is 1. The number of β-amino-alcohol motifs (C(OH)–C–C–N with tert-alkyl or cyclic N) is 1. The molecular formula is C54H64N12O5S. The number of hydrogen-bond acceptors (Lipinski definition) is 13. The number of hydrogen-bond donors (Lipinski definition) is 5. The molecule has 4 atom stereocenters. The number of nitrogens with one attached hydrogen (secondary N) is 3. The molecule has 4 aliphatic heterocycles. The molecule has 5 aliphatic rings. The Morgan fingerprint density at radius 2 is 1.71 bits per heavy atom. The van der Waals surface area contributed by atoms with E-state index < -0.39 is 23.6 Å². The van der Waals surface area contributed by atoms with E-state index in [0.717, 1.165) is 95.7 Å². The second-order valence-corrected chi connectivity index (χ2v) is 22.9. The number of carbonyl (C=O) groups excluding carboxylic acids is 3. The van der Waals surface area contributed by atoms with Gasteiger partial charge in [-0.05, 0) is 98.8 Å². The molecule has 8 heterocycles. The van der Waals surface area contributed by atoms with Crippen LogP contribution in [0, 0.1) is 17.8 Å². The Morgan fingerprint density at radius 3 is 2.40 bits per heavy atom. The maximum absolute atomic E-state index is 14.3. The summed E-state index contributed by atoms with van der Waals surface area (Å²) in [5, 5.41) is 37.1. The zero-order chi connectivity index (χ0) is 50.1. The molecule has 1 unspecified atom stereocenters. The van der Waals surface area contributed by atoms with Gasteiger partial charge in [0.2, 0.25) is 17.8 Å². The number of likely N-dealkylation sites (tertiary alicyclic amines) is 3. The number of aryl methyl sites for hydroxylation is 1. The van der Waals surface area contributed by atoms with Gasteiger partial charge in [0.05, 0.1) is 33.9 Å². The second-order valence-electron chi connectivity index (χ2n) is 22.0. The number of piperidine rings is 1. The van der Waals surface area contributed by atoms with Crippen LogP contribution in [0.15, 0.2) is 72.5 Å². The Bertz CT molecular complexity index is 2980. The van der Waals surface area contributed by atoms with Crippen molar-refractivity contribution in [2.45, 2.75) is 116 Å². The molecule has 5 N–H and O–H groups in total. The van der Waals surface area contributed by atoms with Gasteiger partial charge in [0, 0.05) is 91.6 Å². The molecule has 11 rings (SSSR count). The van der Waals surface area contributed by atoms with Crippen LogP contribution in [0.5, 0.6) is 5.75 Å². The van der Waals surface area contributed by atoms with Gasteiger partial charge in [0.25, 0.3) is 0 Å². The fraction of sp³-hybridized carbons (Fsp3) is 0.481. The number of H-pyrrole nitrogens is 1. The molecule has 4 amide bonds. The Labute approximate surface area is 423 Å². The summed E-state index contributed by atoms with van der Waals surface area (Å²) in [6.45, 7) is 14.3. The summed E-state index contributed by atoms with van der Waals surface area (Å²) in [5.74, 6) is 0.595. The number of urea groups is 1. The number of aromatic amines is 1. The molecule has 17 nitrogen and oxygen atoms in total. The zero-order valence-corrected chi connectivity index (χ0v) is 42.5. The standard InChI is InChI=1S/C54H64N12O5S/c1-31-46(72-30-58-31)35-12-10-33(11-13-35)24-55-49(69)43-20-38(67)27-66(43)50(70)47(53(3,4)5)60-52(71)64-28-54(29-64)22-37(23-54)63-17-14-34(15-18-63)36-25-56-51(57-26-36)65-19-16-41-45(32(65)2)40-21-42(61-62-48(40)59-41)39-8-6-7-9-44(39)68/h6-13,21,25-26,30,32,34,37-38,43,47,67-68H,14-20,22-24,27-29H2,1-5H3,(H,55,69)(H,59,62)(H,60,71)/t32?,38-,43+,47-/m1/s1. The quantitative estimate of drug-likeness (QED) is 0.0969. The van der Waals surface area contributed by atoms with Crippen LogP contribution in [0.3, 0.4) is 0 Å². The summed E-state index contributed by atoms with van der Waals surface area (Å²) >= 11 is 1.59. The van der Waals surface area contributed by atoms with Gasteiger partial charge in [-0.25, -0.2) is 19.7 Å². The number of rotatable bonds is 10. The van der Waals surface area contributed by atoms with E-state index in [1.54, 1.807) is 23.5 Å². The minimum atomic E-state index is -0.883. The van der Waals surface area contributed by atoms with Crippen LogP contribution in [-0.2, 0) is 22.6 Å². The largest absolute Gasteiger partial charge is 0.507 e. The molecule has 3 saturated heterocycles. The summed E-state index contributed by atoms with van der Waals surface area (Å²) in [5.41, 5.74) is 9.76. The Kier molecular flexibility index (Phi) is 12.5. The molecule has 2 aromatic carbocycles. The van der Waals surface area contributed by atoms with Gasteiger partial charge in [0.1, 0.15) is 17.8 Å².